The zero-order valence-corrected chi connectivity index (χ0v) is 14.8. The van der Waals surface area contributed by atoms with E-state index in [9.17, 15) is 4.79 Å². The molecule has 0 saturated carbocycles. The number of carbonyl (C=O) groups excluding carboxylic acids is 1. The van der Waals surface area contributed by atoms with E-state index in [4.69, 9.17) is 23.2 Å². The molecule has 2 aromatic heterocycles. The van der Waals surface area contributed by atoms with Gasteiger partial charge in [-0.1, -0.05) is 34.5 Å². The molecule has 25 heavy (non-hydrogen) atoms. The highest BCUT2D eigenvalue weighted by molar-refractivity contribution is 7.19. The SMILES string of the molecule is O=C(Nc1ccc(-c2nn3cnnc3s2)cc1)c1ccc(Cl)cc1Cl. The number of hydrogen-bond donors (Lipinski definition) is 1. The summed E-state index contributed by atoms with van der Waals surface area (Å²) in [6, 6.07) is 12.1. The first-order valence-electron chi connectivity index (χ1n) is 7.14. The highest BCUT2D eigenvalue weighted by Crippen LogP contribution is 2.26. The summed E-state index contributed by atoms with van der Waals surface area (Å²) in [6.07, 6.45) is 1.56. The molecule has 2 heterocycles. The maximum atomic E-state index is 12.3. The summed E-state index contributed by atoms with van der Waals surface area (Å²) in [5.74, 6) is -0.298. The molecule has 0 aliphatic rings. The number of anilines is 1. The Hall–Kier alpha value is -2.48. The molecule has 6 nitrogen and oxygen atoms in total. The van der Waals surface area contributed by atoms with Gasteiger partial charge in [0.05, 0.1) is 10.6 Å². The third-order valence-corrected chi connectivity index (χ3v) is 4.96. The van der Waals surface area contributed by atoms with E-state index in [0.717, 1.165) is 15.5 Å². The van der Waals surface area contributed by atoms with E-state index in [2.05, 4.69) is 20.6 Å². The third kappa shape index (κ3) is 3.21. The van der Waals surface area contributed by atoms with Gasteiger partial charge in [-0.05, 0) is 42.5 Å². The quantitative estimate of drug-likeness (QED) is 0.563. The lowest BCUT2D eigenvalue weighted by Gasteiger charge is -2.07. The van der Waals surface area contributed by atoms with E-state index < -0.39 is 0 Å². The normalized spacial score (nSPS) is 11.0. The van der Waals surface area contributed by atoms with E-state index in [1.54, 1.807) is 35.1 Å². The molecule has 0 aliphatic heterocycles. The number of fused-ring (bicyclic) bond motifs is 1. The monoisotopic (exact) mass is 389 g/mol. The Bertz CT molecular complexity index is 1050. The fraction of sp³-hybridized carbons (Fsp3) is 0. The van der Waals surface area contributed by atoms with Crippen LogP contribution >= 0.6 is 34.5 Å². The average molecular weight is 390 g/mol. The summed E-state index contributed by atoms with van der Waals surface area (Å²) < 4.78 is 1.62. The van der Waals surface area contributed by atoms with Crippen LogP contribution in [0.1, 0.15) is 10.4 Å². The Kier molecular flexibility index (Phi) is 4.12. The fourth-order valence-electron chi connectivity index (χ4n) is 2.24. The Morgan fingerprint density at radius 3 is 2.64 bits per heavy atom. The van der Waals surface area contributed by atoms with Crippen molar-refractivity contribution in [1.82, 2.24) is 19.8 Å². The van der Waals surface area contributed by atoms with Crippen molar-refractivity contribution >= 4 is 51.1 Å². The van der Waals surface area contributed by atoms with Gasteiger partial charge in [-0.15, -0.1) is 10.2 Å². The number of halogens is 2. The van der Waals surface area contributed by atoms with Crippen LogP contribution in [0.5, 0.6) is 0 Å². The van der Waals surface area contributed by atoms with Gasteiger partial charge in [0.2, 0.25) is 4.96 Å². The maximum absolute atomic E-state index is 12.3. The standard InChI is InChI=1S/C16H9Cl2N5OS/c17-10-3-6-12(13(18)7-10)14(24)20-11-4-1-9(2-5-11)15-22-23-8-19-21-16(23)25-15/h1-8H,(H,20,24). The zero-order chi connectivity index (χ0) is 17.4. The average Bonchev–Trinajstić information content (AvgIpc) is 3.17. The predicted molar refractivity (Wildman–Crippen MR) is 98.5 cm³/mol. The van der Waals surface area contributed by atoms with Crippen LogP contribution < -0.4 is 5.32 Å². The molecular formula is C16H9Cl2N5OS. The number of benzene rings is 2. The lowest BCUT2D eigenvalue weighted by molar-refractivity contribution is 0.102. The lowest BCUT2D eigenvalue weighted by atomic mass is 10.2. The van der Waals surface area contributed by atoms with Crippen molar-refractivity contribution in [2.45, 2.75) is 0 Å². The van der Waals surface area contributed by atoms with E-state index in [-0.39, 0.29) is 5.91 Å². The Morgan fingerprint density at radius 1 is 1.12 bits per heavy atom. The second-order valence-electron chi connectivity index (χ2n) is 5.12. The summed E-state index contributed by atoms with van der Waals surface area (Å²) in [7, 11) is 0. The maximum Gasteiger partial charge on any atom is 0.257 e. The summed E-state index contributed by atoms with van der Waals surface area (Å²) in [5.41, 5.74) is 1.95. The van der Waals surface area contributed by atoms with Crippen molar-refractivity contribution in [3.8, 4) is 10.6 Å². The Labute approximate surface area is 156 Å². The van der Waals surface area contributed by atoms with Gasteiger partial charge in [0.25, 0.3) is 5.91 Å². The molecule has 0 fully saturated rings. The molecule has 2 aromatic carbocycles. The van der Waals surface area contributed by atoms with Crippen molar-refractivity contribution in [2.24, 2.45) is 0 Å². The van der Waals surface area contributed by atoms with Gasteiger partial charge in [0.15, 0.2) is 0 Å². The summed E-state index contributed by atoms with van der Waals surface area (Å²) in [6.45, 7) is 0. The number of aromatic nitrogens is 4. The second-order valence-corrected chi connectivity index (χ2v) is 6.92. The predicted octanol–water partition coefficient (Wildman–Crippen LogP) is 4.41. The van der Waals surface area contributed by atoms with Gasteiger partial charge in [-0.3, -0.25) is 4.79 Å². The third-order valence-electron chi connectivity index (χ3n) is 3.45. The number of amides is 1. The topological polar surface area (TPSA) is 72.2 Å². The van der Waals surface area contributed by atoms with Gasteiger partial charge >= 0.3 is 0 Å². The Balaban J connectivity index is 1.53. The first-order chi connectivity index (χ1) is 12.1. The Morgan fingerprint density at radius 2 is 1.92 bits per heavy atom. The van der Waals surface area contributed by atoms with Crippen LogP contribution in [0.4, 0.5) is 5.69 Å². The molecule has 0 saturated heterocycles. The van der Waals surface area contributed by atoms with Crippen molar-refractivity contribution < 1.29 is 4.79 Å². The lowest BCUT2D eigenvalue weighted by Crippen LogP contribution is -2.12. The van der Waals surface area contributed by atoms with E-state index in [0.29, 0.717) is 21.3 Å². The van der Waals surface area contributed by atoms with Crippen LogP contribution in [0.15, 0.2) is 48.8 Å². The summed E-state index contributed by atoms with van der Waals surface area (Å²) >= 11 is 13.3. The summed E-state index contributed by atoms with van der Waals surface area (Å²) in [4.78, 5) is 13.0. The van der Waals surface area contributed by atoms with Crippen molar-refractivity contribution in [1.29, 1.82) is 0 Å². The van der Waals surface area contributed by atoms with Gasteiger partial charge in [0.1, 0.15) is 11.3 Å². The van der Waals surface area contributed by atoms with Crippen LogP contribution in [0.3, 0.4) is 0 Å². The molecule has 1 amide bonds. The van der Waals surface area contributed by atoms with Crippen molar-refractivity contribution in [3.63, 3.8) is 0 Å². The molecular weight excluding hydrogens is 381 g/mol. The molecule has 0 atom stereocenters. The first kappa shape index (κ1) is 16.0. The van der Waals surface area contributed by atoms with Crippen LogP contribution in [0.25, 0.3) is 15.5 Å². The van der Waals surface area contributed by atoms with Crippen LogP contribution in [0.2, 0.25) is 10.0 Å². The number of nitrogens with one attached hydrogen (secondary N) is 1. The van der Waals surface area contributed by atoms with Crippen molar-refractivity contribution in [2.75, 3.05) is 5.32 Å². The van der Waals surface area contributed by atoms with Crippen molar-refractivity contribution in [3.05, 3.63) is 64.4 Å². The highest BCUT2D eigenvalue weighted by atomic mass is 35.5. The second kappa shape index (κ2) is 6.44. The number of carbonyl (C=O) groups is 1. The smallest absolute Gasteiger partial charge is 0.257 e. The molecule has 9 heteroatoms. The van der Waals surface area contributed by atoms with E-state index >= 15 is 0 Å². The number of rotatable bonds is 3. The van der Waals surface area contributed by atoms with E-state index in [1.165, 1.54) is 17.4 Å². The van der Waals surface area contributed by atoms with Crippen LogP contribution in [-0.2, 0) is 0 Å². The van der Waals surface area contributed by atoms with Gasteiger partial charge in [0, 0.05) is 16.3 Å². The number of nitrogens with zero attached hydrogens (tertiary/aromatic N) is 4. The molecule has 0 aliphatic carbocycles. The van der Waals surface area contributed by atoms with Crippen LogP contribution in [0, 0.1) is 0 Å². The van der Waals surface area contributed by atoms with E-state index in [1.807, 2.05) is 12.1 Å². The van der Waals surface area contributed by atoms with Crippen LogP contribution in [-0.4, -0.2) is 25.7 Å². The van der Waals surface area contributed by atoms with Gasteiger partial charge in [-0.25, -0.2) is 0 Å². The molecule has 0 spiro atoms. The zero-order valence-electron chi connectivity index (χ0n) is 12.5. The molecule has 0 unspecified atom stereocenters. The van der Waals surface area contributed by atoms with Gasteiger partial charge in [-0.2, -0.15) is 9.61 Å². The minimum absolute atomic E-state index is 0.298. The highest BCUT2D eigenvalue weighted by Gasteiger charge is 2.12. The molecule has 1 N–H and O–H groups in total. The fourth-order valence-corrected chi connectivity index (χ4v) is 3.56. The first-order valence-corrected chi connectivity index (χ1v) is 8.71. The summed E-state index contributed by atoms with van der Waals surface area (Å²) in [5, 5.41) is 16.6. The molecule has 4 aromatic rings. The molecule has 4 rings (SSSR count). The molecule has 0 bridgehead atoms. The molecule has 0 radical (unpaired) electrons. The number of hydrogen-bond acceptors (Lipinski definition) is 5. The molecule has 124 valence electrons. The minimum Gasteiger partial charge on any atom is -0.322 e. The van der Waals surface area contributed by atoms with Gasteiger partial charge < -0.3 is 5.32 Å². The largest absolute Gasteiger partial charge is 0.322 e. The minimum atomic E-state index is -0.298.